The zero-order chi connectivity index (χ0) is 18.6. The molecule has 2 unspecified atom stereocenters. The number of carbonyl (C=O) groups is 1. The van der Waals surface area contributed by atoms with Crippen molar-refractivity contribution >= 4 is 16.9 Å². The highest BCUT2D eigenvalue weighted by atomic mass is 16.2. The molecule has 0 radical (unpaired) electrons. The molecule has 1 aromatic heterocycles. The molecule has 6 nitrogen and oxygen atoms in total. The van der Waals surface area contributed by atoms with Crippen LogP contribution in [0.1, 0.15) is 41.2 Å². The predicted molar refractivity (Wildman–Crippen MR) is 106 cm³/mol. The summed E-state index contributed by atoms with van der Waals surface area (Å²) in [5.74, 6) is 0.0474. The Morgan fingerprint density at radius 1 is 1.19 bits per heavy atom. The van der Waals surface area contributed by atoms with Crippen molar-refractivity contribution in [3.63, 3.8) is 0 Å². The Morgan fingerprint density at radius 3 is 2.89 bits per heavy atom. The molecular formula is C21H25N5O. The first-order valence-electron chi connectivity index (χ1n) is 9.45. The maximum absolute atomic E-state index is 12.6. The highest BCUT2D eigenvalue weighted by molar-refractivity contribution is 5.97. The van der Waals surface area contributed by atoms with E-state index in [1.165, 1.54) is 5.56 Å². The molecule has 6 heteroatoms. The van der Waals surface area contributed by atoms with E-state index in [1.54, 1.807) is 11.2 Å². The number of hydrogen-bond acceptors (Lipinski definition) is 4. The van der Waals surface area contributed by atoms with Crippen LogP contribution in [0.25, 0.3) is 11.0 Å². The second-order valence-electron chi connectivity index (χ2n) is 7.19. The third kappa shape index (κ3) is 4.02. The van der Waals surface area contributed by atoms with Crippen molar-refractivity contribution in [2.24, 2.45) is 0 Å². The Morgan fingerprint density at radius 2 is 2.04 bits per heavy atom. The Labute approximate surface area is 159 Å². The van der Waals surface area contributed by atoms with Crippen LogP contribution in [0.4, 0.5) is 0 Å². The van der Waals surface area contributed by atoms with E-state index in [2.05, 4.69) is 45.1 Å². The molecule has 1 aliphatic rings. The Balaban J connectivity index is 1.26. The van der Waals surface area contributed by atoms with Crippen molar-refractivity contribution in [3.05, 3.63) is 66.0 Å². The van der Waals surface area contributed by atoms with Gasteiger partial charge in [-0.2, -0.15) is 0 Å². The van der Waals surface area contributed by atoms with Gasteiger partial charge in [0.1, 0.15) is 0 Å². The lowest BCUT2D eigenvalue weighted by Crippen LogP contribution is -2.32. The van der Waals surface area contributed by atoms with E-state index in [9.17, 15) is 4.79 Å². The summed E-state index contributed by atoms with van der Waals surface area (Å²) in [5, 5.41) is 0. The van der Waals surface area contributed by atoms with Crippen molar-refractivity contribution in [2.45, 2.75) is 31.3 Å². The van der Waals surface area contributed by atoms with Gasteiger partial charge >= 0.3 is 0 Å². The molecule has 1 aliphatic heterocycles. The average Bonchev–Trinajstić information content (AvgIpc) is 3.37. The van der Waals surface area contributed by atoms with E-state index < -0.39 is 0 Å². The molecule has 0 bridgehead atoms. The van der Waals surface area contributed by atoms with Crippen LogP contribution in [-0.4, -0.2) is 40.4 Å². The summed E-state index contributed by atoms with van der Waals surface area (Å²) in [6, 6.07) is 16.9. The quantitative estimate of drug-likeness (QED) is 0.629. The van der Waals surface area contributed by atoms with E-state index in [0.29, 0.717) is 17.6 Å². The Hall–Kier alpha value is -2.70. The van der Waals surface area contributed by atoms with Crippen LogP contribution in [0.15, 0.2) is 54.9 Å². The number of nitrogens with zero attached hydrogens (tertiary/aromatic N) is 2. The minimum atomic E-state index is 0.0474. The lowest BCUT2D eigenvalue weighted by Gasteiger charge is -2.18. The highest BCUT2D eigenvalue weighted by Crippen LogP contribution is 2.24. The largest absolute Gasteiger partial charge is 0.345 e. The molecule has 0 saturated carbocycles. The lowest BCUT2D eigenvalue weighted by molar-refractivity contribution is 0.0792. The molecular weight excluding hydrogens is 338 g/mol. The summed E-state index contributed by atoms with van der Waals surface area (Å²) < 4.78 is 0. The number of aromatic amines is 1. The topological polar surface area (TPSA) is 73.0 Å². The fraction of sp³-hybridized carbons (Fsp3) is 0.333. The fourth-order valence-electron chi connectivity index (χ4n) is 3.68. The van der Waals surface area contributed by atoms with Crippen LogP contribution in [-0.2, 0) is 0 Å². The second-order valence-corrected chi connectivity index (χ2v) is 7.19. The summed E-state index contributed by atoms with van der Waals surface area (Å²) in [7, 11) is 1.87. The van der Waals surface area contributed by atoms with Gasteiger partial charge in [0, 0.05) is 31.2 Å². The molecule has 4 rings (SSSR count). The van der Waals surface area contributed by atoms with Gasteiger partial charge < -0.3 is 9.88 Å². The fourth-order valence-corrected chi connectivity index (χ4v) is 3.68. The number of carbonyl (C=O) groups excluding carboxylic acids is 1. The number of imidazole rings is 1. The van der Waals surface area contributed by atoms with E-state index in [-0.39, 0.29) is 5.91 Å². The van der Waals surface area contributed by atoms with Crippen molar-refractivity contribution in [3.8, 4) is 0 Å². The summed E-state index contributed by atoms with van der Waals surface area (Å²) in [4.78, 5) is 21.7. The molecule has 0 aliphatic carbocycles. The normalized spacial score (nSPS) is 19.4. The number of H-pyrrole nitrogens is 1. The van der Waals surface area contributed by atoms with E-state index in [4.69, 9.17) is 0 Å². The number of hydrazine groups is 1. The summed E-state index contributed by atoms with van der Waals surface area (Å²) in [5.41, 5.74) is 10.6. The zero-order valence-corrected chi connectivity index (χ0v) is 15.5. The van der Waals surface area contributed by atoms with Gasteiger partial charge in [-0.05, 0) is 43.0 Å². The van der Waals surface area contributed by atoms with Gasteiger partial charge in [0.25, 0.3) is 5.91 Å². The smallest absolute Gasteiger partial charge is 0.253 e. The number of hydrogen-bond donors (Lipinski definition) is 3. The lowest BCUT2D eigenvalue weighted by atomic mass is 10.00. The summed E-state index contributed by atoms with van der Waals surface area (Å²) in [6.07, 6.45) is 4.72. The monoisotopic (exact) mass is 363 g/mol. The van der Waals surface area contributed by atoms with Gasteiger partial charge in [-0.1, -0.05) is 30.3 Å². The molecule has 3 N–H and O–H groups in total. The summed E-state index contributed by atoms with van der Waals surface area (Å²) in [6.45, 7) is 0.744. The second kappa shape index (κ2) is 7.90. The molecule has 1 saturated heterocycles. The van der Waals surface area contributed by atoms with Crippen LogP contribution >= 0.6 is 0 Å². The van der Waals surface area contributed by atoms with Crippen LogP contribution in [0.3, 0.4) is 0 Å². The number of fused-ring (bicyclic) bond motifs is 1. The van der Waals surface area contributed by atoms with Gasteiger partial charge in [0.15, 0.2) is 0 Å². The summed E-state index contributed by atoms with van der Waals surface area (Å²) >= 11 is 0. The third-order valence-electron chi connectivity index (χ3n) is 5.24. The minimum Gasteiger partial charge on any atom is -0.345 e. The molecule has 2 heterocycles. The number of rotatable bonds is 6. The van der Waals surface area contributed by atoms with Crippen LogP contribution < -0.4 is 10.9 Å². The predicted octanol–water partition coefficient (Wildman–Crippen LogP) is 3.02. The third-order valence-corrected chi connectivity index (χ3v) is 5.24. The van der Waals surface area contributed by atoms with Crippen molar-refractivity contribution in [1.82, 2.24) is 25.7 Å². The maximum Gasteiger partial charge on any atom is 0.253 e. The van der Waals surface area contributed by atoms with Gasteiger partial charge in [-0.25, -0.2) is 4.98 Å². The van der Waals surface area contributed by atoms with Crippen LogP contribution in [0.5, 0.6) is 0 Å². The van der Waals surface area contributed by atoms with E-state index >= 15 is 0 Å². The van der Waals surface area contributed by atoms with Crippen molar-refractivity contribution < 1.29 is 4.79 Å². The highest BCUT2D eigenvalue weighted by Gasteiger charge is 2.24. The zero-order valence-electron chi connectivity index (χ0n) is 15.5. The molecule has 27 heavy (non-hydrogen) atoms. The molecule has 140 valence electrons. The SMILES string of the molecule is CN(CCCC1CC(c2ccccc2)NN1)C(=O)c1ccc2nc[nH]c2c1. The molecule has 1 amide bonds. The van der Waals surface area contributed by atoms with Crippen molar-refractivity contribution in [1.29, 1.82) is 0 Å². The molecule has 2 atom stereocenters. The Kier molecular flexibility index (Phi) is 5.18. The molecule has 0 spiro atoms. The van der Waals surface area contributed by atoms with Crippen molar-refractivity contribution in [2.75, 3.05) is 13.6 Å². The number of benzene rings is 2. The minimum absolute atomic E-state index is 0.0474. The maximum atomic E-state index is 12.6. The first-order chi connectivity index (χ1) is 13.2. The van der Waals surface area contributed by atoms with E-state index in [1.807, 2.05) is 31.3 Å². The van der Waals surface area contributed by atoms with E-state index in [0.717, 1.165) is 36.8 Å². The van der Waals surface area contributed by atoms with Gasteiger partial charge in [-0.3, -0.25) is 15.6 Å². The van der Waals surface area contributed by atoms with Gasteiger partial charge in [0.05, 0.1) is 17.4 Å². The number of aromatic nitrogens is 2. The number of amides is 1. The first kappa shape index (κ1) is 17.7. The van der Waals surface area contributed by atoms with Crippen LogP contribution in [0, 0.1) is 0 Å². The number of nitrogens with one attached hydrogen (secondary N) is 3. The van der Waals surface area contributed by atoms with Crippen LogP contribution in [0.2, 0.25) is 0 Å². The Bertz CT molecular complexity index is 907. The van der Waals surface area contributed by atoms with Gasteiger partial charge in [0.2, 0.25) is 0 Å². The molecule has 3 aromatic rings. The first-order valence-corrected chi connectivity index (χ1v) is 9.45. The standard InChI is InChI=1S/C21H25N5O/c1-26(21(27)16-9-10-18-20(12-16)23-14-22-18)11-5-8-17-13-19(25-24-17)15-6-3-2-4-7-15/h2-4,6-7,9-10,12,14,17,19,24-25H,5,8,11,13H2,1H3,(H,22,23). The molecule has 1 fully saturated rings. The average molecular weight is 363 g/mol. The van der Waals surface area contributed by atoms with Gasteiger partial charge in [-0.15, -0.1) is 0 Å². The molecule has 2 aromatic carbocycles.